The number of rotatable bonds is 0. The Morgan fingerprint density at radius 3 is 1.50 bits per heavy atom. The minimum absolute atomic E-state index is 0.324. The SMILES string of the molecule is Cc1nnc(C)c(C#N)c1C#N. The molecule has 0 atom stereocenters. The van der Waals surface area contributed by atoms with Gasteiger partial charge in [-0.1, -0.05) is 0 Å². The number of hydrogen-bond donors (Lipinski definition) is 0. The largest absolute Gasteiger partial charge is 0.192 e. The highest BCUT2D eigenvalue weighted by Crippen LogP contribution is 2.11. The Balaban J connectivity index is 3.55. The molecular weight excluding hydrogens is 152 g/mol. The van der Waals surface area contributed by atoms with Crippen molar-refractivity contribution >= 4 is 0 Å². The lowest BCUT2D eigenvalue weighted by atomic mass is 10.1. The predicted molar refractivity (Wildman–Crippen MR) is 40.9 cm³/mol. The Kier molecular flexibility index (Phi) is 2.02. The molecule has 0 N–H and O–H groups in total. The third-order valence-corrected chi connectivity index (χ3v) is 1.55. The molecule has 0 unspecified atom stereocenters. The van der Waals surface area contributed by atoms with Crippen LogP contribution in [0.1, 0.15) is 22.5 Å². The molecule has 0 radical (unpaired) electrons. The quantitative estimate of drug-likeness (QED) is 0.560. The molecule has 4 nitrogen and oxygen atoms in total. The molecule has 0 aliphatic heterocycles. The molecule has 0 spiro atoms. The van der Waals surface area contributed by atoms with Crippen molar-refractivity contribution in [3.8, 4) is 12.1 Å². The van der Waals surface area contributed by atoms with Crippen LogP contribution >= 0.6 is 0 Å². The predicted octanol–water partition coefficient (Wildman–Crippen LogP) is 0.837. The third-order valence-electron chi connectivity index (χ3n) is 1.55. The Morgan fingerprint density at radius 2 is 1.25 bits per heavy atom. The van der Waals surface area contributed by atoms with Gasteiger partial charge in [0.1, 0.15) is 12.1 Å². The summed E-state index contributed by atoms with van der Waals surface area (Å²) in [6.07, 6.45) is 0. The van der Waals surface area contributed by atoms with Gasteiger partial charge in [-0.05, 0) is 13.8 Å². The van der Waals surface area contributed by atoms with Crippen LogP contribution in [0, 0.1) is 36.5 Å². The van der Waals surface area contributed by atoms with Gasteiger partial charge < -0.3 is 0 Å². The van der Waals surface area contributed by atoms with Crippen molar-refractivity contribution in [2.24, 2.45) is 0 Å². The molecule has 0 aromatic carbocycles. The Labute approximate surface area is 70.1 Å². The van der Waals surface area contributed by atoms with Crippen molar-refractivity contribution in [2.45, 2.75) is 13.8 Å². The van der Waals surface area contributed by atoms with Crippen LogP contribution in [0.25, 0.3) is 0 Å². The van der Waals surface area contributed by atoms with E-state index in [9.17, 15) is 0 Å². The van der Waals surface area contributed by atoms with Crippen LogP contribution in [-0.4, -0.2) is 10.2 Å². The van der Waals surface area contributed by atoms with Crippen LogP contribution in [0.5, 0.6) is 0 Å². The lowest BCUT2D eigenvalue weighted by Gasteiger charge is -1.99. The molecule has 58 valence electrons. The second-order valence-electron chi connectivity index (χ2n) is 2.34. The van der Waals surface area contributed by atoms with Crippen LogP contribution in [0.15, 0.2) is 0 Å². The topological polar surface area (TPSA) is 73.4 Å². The number of nitriles is 2. The Bertz CT molecular complexity index is 356. The zero-order valence-corrected chi connectivity index (χ0v) is 6.79. The molecule has 0 aliphatic rings. The minimum Gasteiger partial charge on any atom is -0.192 e. The summed E-state index contributed by atoms with van der Waals surface area (Å²) in [5.41, 5.74) is 1.65. The molecule has 12 heavy (non-hydrogen) atoms. The van der Waals surface area contributed by atoms with Gasteiger partial charge in [-0.15, -0.1) is 0 Å². The van der Waals surface area contributed by atoms with Gasteiger partial charge in [0.05, 0.1) is 22.5 Å². The summed E-state index contributed by atoms with van der Waals surface area (Å²) in [4.78, 5) is 0. The highest BCUT2D eigenvalue weighted by atomic mass is 15.1. The van der Waals surface area contributed by atoms with E-state index in [0.717, 1.165) is 0 Å². The summed E-state index contributed by atoms with van der Waals surface area (Å²) in [6.45, 7) is 3.32. The minimum atomic E-state index is 0.324. The van der Waals surface area contributed by atoms with Gasteiger partial charge in [-0.2, -0.15) is 20.7 Å². The van der Waals surface area contributed by atoms with E-state index in [1.807, 2.05) is 12.1 Å². The number of aryl methyl sites for hydroxylation is 2. The normalized spacial score (nSPS) is 8.67. The third kappa shape index (κ3) is 1.11. The zero-order chi connectivity index (χ0) is 9.14. The first-order valence-electron chi connectivity index (χ1n) is 3.34. The van der Waals surface area contributed by atoms with Crippen molar-refractivity contribution in [3.63, 3.8) is 0 Å². The van der Waals surface area contributed by atoms with Crippen molar-refractivity contribution < 1.29 is 0 Å². The van der Waals surface area contributed by atoms with E-state index in [1.54, 1.807) is 13.8 Å². The van der Waals surface area contributed by atoms with Crippen molar-refractivity contribution in [1.29, 1.82) is 10.5 Å². The van der Waals surface area contributed by atoms with Gasteiger partial charge in [0.15, 0.2) is 0 Å². The van der Waals surface area contributed by atoms with Crippen molar-refractivity contribution in [3.05, 3.63) is 22.5 Å². The summed E-state index contributed by atoms with van der Waals surface area (Å²) < 4.78 is 0. The van der Waals surface area contributed by atoms with Gasteiger partial charge >= 0.3 is 0 Å². The lowest BCUT2D eigenvalue weighted by molar-refractivity contribution is 0.926. The second kappa shape index (κ2) is 2.98. The molecule has 0 fully saturated rings. The molecule has 1 aromatic rings. The van der Waals surface area contributed by atoms with Crippen LogP contribution in [0.2, 0.25) is 0 Å². The fourth-order valence-corrected chi connectivity index (χ4v) is 0.885. The van der Waals surface area contributed by atoms with E-state index in [1.165, 1.54) is 0 Å². The number of hydrogen-bond acceptors (Lipinski definition) is 4. The maximum absolute atomic E-state index is 8.69. The van der Waals surface area contributed by atoms with E-state index < -0.39 is 0 Å². The first-order valence-corrected chi connectivity index (χ1v) is 3.34. The highest BCUT2D eigenvalue weighted by Gasteiger charge is 2.09. The lowest BCUT2D eigenvalue weighted by Crippen LogP contribution is -1.99. The molecule has 0 bridgehead atoms. The molecule has 0 amide bonds. The van der Waals surface area contributed by atoms with E-state index in [-0.39, 0.29) is 0 Å². The molecule has 1 aromatic heterocycles. The Hall–Kier alpha value is -1.94. The van der Waals surface area contributed by atoms with Gasteiger partial charge in [-0.3, -0.25) is 0 Å². The maximum Gasteiger partial charge on any atom is 0.103 e. The van der Waals surface area contributed by atoms with E-state index in [0.29, 0.717) is 22.5 Å². The average molecular weight is 158 g/mol. The first kappa shape index (κ1) is 8.16. The molecule has 1 heterocycles. The van der Waals surface area contributed by atoms with E-state index in [2.05, 4.69) is 10.2 Å². The molecule has 0 saturated carbocycles. The van der Waals surface area contributed by atoms with Gasteiger partial charge in [0, 0.05) is 0 Å². The zero-order valence-electron chi connectivity index (χ0n) is 6.79. The summed E-state index contributed by atoms with van der Waals surface area (Å²) in [5, 5.41) is 24.8. The average Bonchev–Trinajstić information content (AvgIpc) is 2.08. The molecular formula is C8H6N4. The summed E-state index contributed by atoms with van der Waals surface area (Å²) in [5.74, 6) is 0. The van der Waals surface area contributed by atoms with Gasteiger partial charge in [-0.25, -0.2) is 0 Å². The summed E-state index contributed by atoms with van der Waals surface area (Å²) >= 11 is 0. The first-order chi connectivity index (χ1) is 5.70. The smallest absolute Gasteiger partial charge is 0.103 e. The molecule has 0 saturated heterocycles. The van der Waals surface area contributed by atoms with Gasteiger partial charge in [0.2, 0.25) is 0 Å². The van der Waals surface area contributed by atoms with E-state index in [4.69, 9.17) is 10.5 Å². The molecule has 0 aliphatic carbocycles. The molecule has 4 heteroatoms. The standard InChI is InChI=1S/C8H6N4/c1-5-7(3-9)8(4-10)6(2)12-11-5/h1-2H3. The Morgan fingerprint density at radius 1 is 0.917 bits per heavy atom. The van der Waals surface area contributed by atoms with Crippen LogP contribution in [0.3, 0.4) is 0 Å². The number of aromatic nitrogens is 2. The monoisotopic (exact) mass is 158 g/mol. The van der Waals surface area contributed by atoms with Crippen LogP contribution in [-0.2, 0) is 0 Å². The maximum atomic E-state index is 8.69. The second-order valence-corrected chi connectivity index (χ2v) is 2.34. The molecule has 1 rings (SSSR count). The van der Waals surface area contributed by atoms with Gasteiger partial charge in [0.25, 0.3) is 0 Å². The fraction of sp³-hybridized carbons (Fsp3) is 0.250. The van der Waals surface area contributed by atoms with Crippen molar-refractivity contribution in [1.82, 2.24) is 10.2 Å². The summed E-state index contributed by atoms with van der Waals surface area (Å²) in [7, 11) is 0. The summed E-state index contributed by atoms with van der Waals surface area (Å²) in [6, 6.07) is 3.86. The van der Waals surface area contributed by atoms with Crippen LogP contribution < -0.4 is 0 Å². The van der Waals surface area contributed by atoms with E-state index >= 15 is 0 Å². The van der Waals surface area contributed by atoms with Crippen molar-refractivity contribution in [2.75, 3.05) is 0 Å². The number of nitrogens with zero attached hydrogens (tertiary/aromatic N) is 4. The fourth-order valence-electron chi connectivity index (χ4n) is 0.885. The van der Waals surface area contributed by atoms with Crippen LogP contribution in [0.4, 0.5) is 0 Å². The highest BCUT2D eigenvalue weighted by molar-refractivity contribution is 5.48.